The van der Waals surface area contributed by atoms with Crippen LogP contribution in [0.4, 0.5) is 5.13 Å². The molecule has 0 radical (unpaired) electrons. The normalized spacial score (nSPS) is 10.0. The molecule has 5 nitrogen and oxygen atoms in total. The molecule has 0 spiro atoms. The Balaban J connectivity index is 2.39. The zero-order valence-electron chi connectivity index (χ0n) is 7.35. The van der Waals surface area contributed by atoms with Gasteiger partial charge in [-0.2, -0.15) is 9.36 Å². The van der Waals surface area contributed by atoms with Gasteiger partial charge in [-0.1, -0.05) is 11.8 Å². The number of carbonyl (C=O) groups is 1. The molecule has 1 heterocycles. The molecule has 0 saturated carbocycles. The second-order valence-corrected chi connectivity index (χ2v) is 4.22. The van der Waals surface area contributed by atoms with Crippen molar-refractivity contribution < 1.29 is 4.79 Å². The summed E-state index contributed by atoms with van der Waals surface area (Å²) in [6.07, 6.45) is 0. The Morgan fingerprint density at radius 2 is 2.38 bits per heavy atom. The Bertz CT molecular complexity index is 299. The van der Waals surface area contributed by atoms with Crippen LogP contribution >= 0.6 is 23.3 Å². The molecule has 0 unspecified atom stereocenters. The van der Waals surface area contributed by atoms with Crippen LogP contribution in [0.15, 0.2) is 5.16 Å². The lowest BCUT2D eigenvalue weighted by Crippen LogP contribution is -2.23. The highest BCUT2D eigenvalue weighted by Gasteiger charge is 2.07. The largest absolute Gasteiger partial charge is 0.374 e. The molecule has 1 aromatic heterocycles. The fourth-order valence-corrected chi connectivity index (χ4v) is 1.93. The first-order valence-electron chi connectivity index (χ1n) is 3.51. The van der Waals surface area contributed by atoms with Crippen LogP contribution in [-0.2, 0) is 4.79 Å². The average Bonchev–Trinajstić information content (AvgIpc) is 2.47. The number of thioether (sulfide) groups is 1. The van der Waals surface area contributed by atoms with E-state index in [9.17, 15) is 4.79 Å². The molecule has 0 fully saturated rings. The van der Waals surface area contributed by atoms with Gasteiger partial charge >= 0.3 is 0 Å². The van der Waals surface area contributed by atoms with Gasteiger partial charge < -0.3 is 10.6 Å². The summed E-state index contributed by atoms with van der Waals surface area (Å²) in [6, 6.07) is 0. The Morgan fingerprint density at radius 3 is 2.85 bits per heavy atom. The quantitative estimate of drug-likeness (QED) is 0.739. The van der Waals surface area contributed by atoms with Crippen molar-refractivity contribution in [2.75, 3.05) is 25.6 Å². The number of nitrogens with two attached hydrogens (primary N) is 1. The third-order valence-electron chi connectivity index (χ3n) is 1.25. The number of hydrogen-bond acceptors (Lipinski definition) is 6. The first-order valence-corrected chi connectivity index (χ1v) is 5.27. The smallest absolute Gasteiger partial charge is 0.232 e. The van der Waals surface area contributed by atoms with E-state index >= 15 is 0 Å². The van der Waals surface area contributed by atoms with Gasteiger partial charge in [-0.25, -0.2) is 0 Å². The van der Waals surface area contributed by atoms with E-state index in [0.717, 1.165) is 11.5 Å². The van der Waals surface area contributed by atoms with Crippen molar-refractivity contribution in [3.8, 4) is 0 Å². The van der Waals surface area contributed by atoms with Crippen molar-refractivity contribution in [1.82, 2.24) is 14.3 Å². The van der Waals surface area contributed by atoms with E-state index in [1.165, 1.54) is 16.7 Å². The van der Waals surface area contributed by atoms with E-state index < -0.39 is 0 Å². The third kappa shape index (κ3) is 3.19. The summed E-state index contributed by atoms with van der Waals surface area (Å²) < 4.78 is 3.94. The van der Waals surface area contributed by atoms with Gasteiger partial charge in [-0.3, -0.25) is 4.79 Å². The minimum absolute atomic E-state index is 0.0402. The molecule has 0 aliphatic heterocycles. The van der Waals surface area contributed by atoms with Crippen molar-refractivity contribution in [1.29, 1.82) is 0 Å². The van der Waals surface area contributed by atoms with Crippen molar-refractivity contribution in [3.05, 3.63) is 0 Å². The number of nitrogens with zero attached hydrogens (tertiary/aromatic N) is 3. The number of aromatic nitrogens is 2. The molecular weight excluding hydrogens is 208 g/mol. The lowest BCUT2D eigenvalue weighted by molar-refractivity contribution is -0.125. The highest BCUT2D eigenvalue weighted by atomic mass is 32.2. The highest BCUT2D eigenvalue weighted by molar-refractivity contribution is 7.99. The van der Waals surface area contributed by atoms with E-state index in [1.54, 1.807) is 14.1 Å². The molecule has 72 valence electrons. The third-order valence-corrected chi connectivity index (χ3v) is 2.74. The van der Waals surface area contributed by atoms with Crippen LogP contribution in [0.2, 0.25) is 0 Å². The maximum atomic E-state index is 11.1. The van der Waals surface area contributed by atoms with Crippen LogP contribution in [-0.4, -0.2) is 40.0 Å². The van der Waals surface area contributed by atoms with Crippen LogP contribution < -0.4 is 5.73 Å². The number of rotatable bonds is 3. The predicted molar refractivity (Wildman–Crippen MR) is 53.7 cm³/mol. The molecule has 0 aliphatic rings. The zero-order chi connectivity index (χ0) is 9.84. The lowest BCUT2D eigenvalue weighted by atomic mass is 10.6. The summed E-state index contributed by atoms with van der Waals surface area (Å²) in [5.41, 5.74) is 5.38. The predicted octanol–water partition coefficient (Wildman–Crippen LogP) is 0.301. The SMILES string of the molecule is CN(C)C(=O)CSc1nsc(N)n1. The van der Waals surface area contributed by atoms with Crippen LogP contribution in [0.25, 0.3) is 0 Å². The molecule has 7 heteroatoms. The van der Waals surface area contributed by atoms with Crippen LogP contribution in [0.3, 0.4) is 0 Å². The number of hydrogen-bond donors (Lipinski definition) is 1. The van der Waals surface area contributed by atoms with Gasteiger partial charge in [0.2, 0.25) is 16.2 Å². The molecule has 2 N–H and O–H groups in total. The van der Waals surface area contributed by atoms with Crippen molar-refractivity contribution in [3.63, 3.8) is 0 Å². The van der Waals surface area contributed by atoms with Crippen LogP contribution in [0.1, 0.15) is 0 Å². The highest BCUT2D eigenvalue weighted by Crippen LogP contribution is 2.17. The number of nitrogen functional groups attached to an aromatic ring is 1. The summed E-state index contributed by atoms with van der Waals surface area (Å²) in [7, 11) is 3.43. The molecule has 0 saturated heterocycles. The van der Waals surface area contributed by atoms with Crippen molar-refractivity contribution in [2.24, 2.45) is 0 Å². The molecule has 0 aliphatic carbocycles. The second kappa shape index (κ2) is 4.43. The molecule has 0 atom stereocenters. The molecule has 1 aromatic rings. The maximum absolute atomic E-state index is 11.1. The topological polar surface area (TPSA) is 72.1 Å². The molecule has 13 heavy (non-hydrogen) atoms. The van der Waals surface area contributed by atoms with Gasteiger partial charge in [-0.15, -0.1) is 0 Å². The fraction of sp³-hybridized carbons (Fsp3) is 0.500. The van der Waals surface area contributed by atoms with Gasteiger partial charge in [0.15, 0.2) is 0 Å². The Morgan fingerprint density at radius 1 is 1.69 bits per heavy atom. The monoisotopic (exact) mass is 218 g/mol. The van der Waals surface area contributed by atoms with E-state index in [0.29, 0.717) is 16.0 Å². The number of carbonyl (C=O) groups excluding carboxylic acids is 1. The minimum Gasteiger partial charge on any atom is -0.374 e. The minimum atomic E-state index is 0.0402. The number of amides is 1. The number of anilines is 1. The molecular formula is C6H10N4OS2. The standard InChI is InChI=1S/C6H10N4OS2/c1-10(2)4(11)3-12-6-8-5(7)13-9-6/h3H2,1-2H3,(H2,7,8,9). The van der Waals surface area contributed by atoms with E-state index in [4.69, 9.17) is 5.73 Å². The van der Waals surface area contributed by atoms with Crippen LogP contribution in [0, 0.1) is 0 Å². The lowest BCUT2D eigenvalue weighted by Gasteiger charge is -2.07. The van der Waals surface area contributed by atoms with Crippen LogP contribution in [0.5, 0.6) is 0 Å². The van der Waals surface area contributed by atoms with E-state index in [2.05, 4.69) is 9.36 Å². The molecule has 0 bridgehead atoms. The fourth-order valence-electron chi connectivity index (χ4n) is 0.535. The van der Waals surface area contributed by atoms with E-state index in [1.807, 2.05) is 0 Å². The summed E-state index contributed by atoms with van der Waals surface area (Å²) >= 11 is 2.43. The summed E-state index contributed by atoms with van der Waals surface area (Å²) in [6.45, 7) is 0. The van der Waals surface area contributed by atoms with Crippen molar-refractivity contribution in [2.45, 2.75) is 5.16 Å². The van der Waals surface area contributed by atoms with Gasteiger partial charge in [0.05, 0.1) is 5.75 Å². The average molecular weight is 218 g/mol. The van der Waals surface area contributed by atoms with Gasteiger partial charge in [0.1, 0.15) is 0 Å². The zero-order valence-corrected chi connectivity index (χ0v) is 8.98. The van der Waals surface area contributed by atoms with Gasteiger partial charge in [0.25, 0.3) is 0 Å². The summed E-state index contributed by atoms with van der Waals surface area (Å²) in [5, 5.41) is 0.998. The van der Waals surface area contributed by atoms with Gasteiger partial charge in [-0.05, 0) is 0 Å². The van der Waals surface area contributed by atoms with Gasteiger partial charge in [0, 0.05) is 25.6 Å². The Hall–Kier alpha value is -0.820. The maximum Gasteiger partial charge on any atom is 0.232 e. The molecule has 1 rings (SSSR count). The summed E-state index contributed by atoms with van der Waals surface area (Å²) in [4.78, 5) is 16.6. The molecule has 0 aromatic carbocycles. The molecule has 1 amide bonds. The first kappa shape index (κ1) is 10.3. The second-order valence-electron chi connectivity index (χ2n) is 2.49. The summed E-state index contributed by atoms with van der Waals surface area (Å²) in [5.74, 6) is 0.391. The first-order chi connectivity index (χ1) is 6.09. The van der Waals surface area contributed by atoms with Crippen molar-refractivity contribution >= 4 is 34.3 Å². The Labute approximate surface area is 84.5 Å². The Kier molecular flexibility index (Phi) is 3.49. The van der Waals surface area contributed by atoms with E-state index in [-0.39, 0.29) is 5.91 Å².